The van der Waals surface area contributed by atoms with Crippen molar-refractivity contribution in [3.63, 3.8) is 0 Å². The number of thiazole rings is 1. The lowest BCUT2D eigenvalue weighted by Crippen LogP contribution is -2.40. The van der Waals surface area contributed by atoms with E-state index in [-0.39, 0.29) is 11.5 Å². The third kappa shape index (κ3) is 4.23. The molecule has 4 aromatic rings. The summed E-state index contributed by atoms with van der Waals surface area (Å²) in [7, 11) is 1.86. The van der Waals surface area contributed by atoms with Crippen LogP contribution in [0.1, 0.15) is 35.3 Å². The van der Waals surface area contributed by atoms with Gasteiger partial charge in [0.05, 0.1) is 28.0 Å². The maximum atomic E-state index is 13.7. The number of amides is 1. The summed E-state index contributed by atoms with van der Waals surface area (Å²) in [5, 5.41) is 7.86. The minimum atomic E-state index is -0.653. The Morgan fingerprint density at radius 2 is 1.83 bits per heavy atom. The number of para-hydroxylation sites is 1. The number of carbonyl (C=O) groups excluding carboxylic acids is 1. The second-order valence-electron chi connectivity index (χ2n) is 8.71. The Hall–Kier alpha value is -3.75. The highest BCUT2D eigenvalue weighted by atomic mass is 35.5. The summed E-state index contributed by atoms with van der Waals surface area (Å²) < 4.78 is 3.89. The SMILES string of the molecule is CC1=C(C(=O)Nc2ccccc2C)[C@@H](c2ccc(Cl)cc2)n2c(s/c(=C/c3cnn(C)c3C)c2=O)=N1. The van der Waals surface area contributed by atoms with Gasteiger partial charge in [-0.2, -0.15) is 5.10 Å². The molecular formula is C27H24ClN5O2S. The van der Waals surface area contributed by atoms with Crippen LogP contribution in [0, 0.1) is 13.8 Å². The molecule has 0 aliphatic carbocycles. The van der Waals surface area contributed by atoms with Crippen molar-refractivity contribution in [2.45, 2.75) is 26.8 Å². The summed E-state index contributed by atoms with van der Waals surface area (Å²) in [6.45, 7) is 5.69. The van der Waals surface area contributed by atoms with Crippen LogP contribution in [0.25, 0.3) is 6.08 Å². The largest absolute Gasteiger partial charge is 0.322 e. The lowest BCUT2D eigenvalue weighted by molar-refractivity contribution is -0.113. The molecule has 2 aromatic heterocycles. The van der Waals surface area contributed by atoms with Crippen LogP contribution in [0.5, 0.6) is 0 Å². The van der Waals surface area contributed by atoms with Gasteiger partial charge in [0, 0.05) is 29.0 Å². The van der Waals surface area contributed by atoms with Crippen LogP contribution in [0.15, 0.2) is 75.8 Å². The molecule has 5 rings (SSSR count). The molecule has 1 N–H and O–H groups in total. The first-order chi connectivity index (χ1) is 17.2. The number of benzene rings is 2. The zero-order chi connectivity index (χ0) is 25.6. The highest BCUT2D eigenvalue weighted by molar-refractivity contribution is 7.07. The standard InChI is InChI=1S/C27H24ClN5O2S/c1-15-7-5-6-8-21(15)31-25(34)23-16(2)30-27-33(24(23)18-9-11-20(28)12-10-18)26(35)22(36-27)13-19-14-29-32(4)17(19)3/h5-14,24H,1-4H3,(H,31,34)/b22-13+/t24-/m1/s1. The minimum Gasteiger partial charge on any atom is -0.322 e. The number of hydrogen-bond acceptors (Lipinski definition) is 5. The average Bonchev–Trinajstić information content (AvgIpc) is 3.33. The topological polar surface area (TPSA) is 81.3 Å². The van der Waals surface area contributed by atoms with Crippen molar-refractivity contribution in [1.82, 2.24) is 14.3 Å². The van der Waals surface area contributed by atoms with Crippen LogP contribution >= 0.6 is 22.9 Å². The number of fused-ring (bicyclic) bond motifs is 1. The minimum absolute atomic E-state index is 0.212. The molecule has 3 heterocycles. The third-order valence-electron chi connectivity index (χ3n) is 6.41. The Morgan fingerprint density at radius 3 is 2.50 bits per heavy atom. The number of nitrogens with zero attached hydrogens (tertiary/aromatic N) is 4. The van der Waals surface area contributed by atoms with E-state index < -0.39 is 6.04 Å². The second-order valence-corrected chi connectivity index (χ2v) is 10.2. The van der Waals surface area contributed by atoms with Crippen LogP contribution in [0.2, 0.25) is 5.02 Å². The van der Waals surface area contributed by atoms with Gasteiger partial charge in [0.15, 0.2) is 4.80 Å². The van der Waals surface area contributed by atoms with E-state index in [0.717, 1.165) is 22.4 Å². The first-order valence-electron chi connectivity index (χ1n) is 11.4. The fourth-order valence-electron chi connectivity index (χ4n) is 4.27. The summed E-state index contributed by atoms with van der Waals surface area (Å²) in [5.74, 6) is -0.303. The van der Waals surface area contributed by atoms with Gasteiger partial charge in [-0.05, 0) is 56.2 Å². The molecule has 1 aliphatic heterocycles. The normalized spacial score (nSPS) is 15.6. The first-order valence-corrected chi connectivity index (χ1v) is 12.6. The molecule has 182 valence electrons. The van der Waals surface area contributed by atoms with Crippen molar-refractivity contribution < 1.29 is 4.79 Å². The highest BCUT2D eigenvalue weighted by Gasteiger charge is 2.32. The van der Waals surface area contributed by atoms with E-state index in [2.05, 4.69) is 15.4 Å². The van der Waals surface area contributed by atoms with Crippen molar-refractivity contribution in [2.75, 3.05) is 5.32 Å². The van der Waals surface area contributed by atoms with Gasteiger partial charge in [0.1, 0.15) is 0 Å². The fourth-order valence-corrected chi connectivity index (χ4v) is 5.44. The molecule has 9 heteroatoms. The Labute approximate surface area is 216 Å². The molecule has 0 radical (unpaired) electrons. The van der Waals surface area contributed by atoms with Gasteiger partial charge in [0.25, 0.3) is 11.5 Å². The highest BCUT2D eigenvalue weighted by Crippen LogP contribution is 2.31. The molecule has 0 bridgehead atoms. The van der Waals surface area contributed by atoms with Crippen molar-refractivity contribution in [3.05, 3.63) is 113 Å². The number of nitrogens with one attached hydrogen (secondary N) is 1. The van der Waals surface area contributed by atoms with Gasteiger partial charge in [-0.1, -0.05) is 53.3 Å². The van der Waals surface area contributed by atoms with Gasteiger partial charge in [-0.25, -0.2) is 4.99 Å². The number of halogens is 1. The predicted molar refractivity (Wildman–Crippen MR) is 143 cm³/mol. The molecule has 36 heavy (non-hydrogen) atoms. The van der Waals surface area contributed by atoms with E-state index in [1.54, 1.807) is 34.5 Å². The summed E-state index contributed by atoms with van der Waals surface area (Å²) in [6.07, 6.45) is 3.56. The van der Waals surface area contributed by atoms with E-state index >= 15 is 0 Å². The molecule has 0 saturated carbocycles. The van der Waals surface area contributed by atoms with Gasteiger partial charge < -0.3 is 5.32 Å². The molecule has 0 fully saturated rings. The van der Waals surface area contributed by atoms with E-state index in [4.69, 9.17) is 11.6 Å². The number of rotatable bonds is 4. The lowest BCUT2D eigenvalue weighted by atomic mass is 9.95. The van der Waals surface area contributed by atoms with E-state index in [0.29, 0.717) is 31.3 Å². The summed E-state index contributed by atoms with van der Waals surface area (Å²) in [4.78, 5) is 32.6. The molecule has 1 aliphatic rings. The van der Waals surface area contributed by atoms with Crippen LogP contribution < -0.4 is 20.2 Å². The Bertz CT molecular complexity index is 1710. The third-order valence-corrected chi connectivity index (χ3v) is 7.64. The van der Waals surface area contributed by atoms with E-state index in [9.17, 15) is 9.59 Å². The Kier molecular flexibility index (Phi) is 6.24. The number of aromatic nitrogens is 3. The van der Waals surface area contributed by atoms with Gasteiger partial charge in [0.2, 0.25) is 0 Å². The molecule has 7 nitrogen and oxygen atoms in total. The van der Waals surface area contributed by atoms with Crippen LogP contribution in [0.4, 0.5) is 5.69 Å². The van der Waals surface area contributed by atoms with Crippen molar-refractivity contribution in [2.24, 2.45) is 12.0 Å². The van der Waals surface area contributed by atoms with Crippen molar-refractivity contribution >= 4 is 40.6 Å². The molecule has 0 saturated heterocycles. The molecule has 1 atom stereocenters. The summed E-state index contributed by atoms with van der Waals surface area (Å²) in [6, 6.07) is 14.1. The Morgan fingerprint density at radius 1 is 1.11 bits per heavy atom. The van der Waals surface area contributed by atoms with E-state index in [1.807, 2.05) is 63.4 Å². The number of carbonyl (C=O) groups is 1. The second kappa shape index (κ2) is 9.37. The van der Waals surface area contributed by atoms with Gasteiger partial charge in [-0.3, -0.25) is 18.8 Å². The van der Waals surface area contributed by atoms with Gasteiger partial charge >= 0.3 is 0 Å². The van der Waals surface area contributed by atoms with Crippen molar-refractivity contribution in [3.8, 4) is 0 Å². The molecule has 0 spiro atoms. The maximum absolute atomic E-state index is 13.7. The molecule has 1 amide bonds. The summed E-state index contributed by atoms with van der Waals surface area (Å²) >= 11 is 7.46. The Balaban J connectivity index is 1.69. The predicted octanol–water partition coefficient (Wildman–Crippen LogP) is 3.88. The zero-order valence-corrected chi connectivity index (χ0v) is 21.8. The van der Waals surface area contributed by atoms with Crippen LogP contribution in [-0.2, 0) is 11.8 Å². The van der Waals surface area contributed by atoms with Crippen LogP contribution in [0.3, 0.4) is 0 Å². The van der Waals surface area contributed by atoms with E-state index in [1.165, 1.54) is 11.3 Å². The number of hydrogen-bond donors (Lipinski definition) is 1. The monoisotopic (exact) mass is 517 g/mol. The first kappa shape index (κ1) is 24.0. The zero-order valence-electron chi connectivity index (χ0n) is 20.2. The number of aryl methyl sites for hydroxylation is 2. The number of anilines is 1. The van der Waals surface area contributed by atoms with Crippen molar-refractivity contribution in [1.29, 1.82) is 0 Å². The molecule has 0 unspecified atom stereocenters. The van der Waals surface area contributed by atoms with Crippen LogP contribution in [-0.4, -0.2) is 20.3 Å². The smallest absolute Gasteiger partial charge is 0.271 e. The van der Waals surface area contributed by atoms with Gasteiger partial charge in [-0.15, -0.1) is 0 Å². The molecular weight excluding hydrogens is 494 g/mol. The quantitative estimate of drug-likeness (QED) is 0.446. The summed E-state index contributed by atoms with van der Waals surface area (Å²) in [5.41, 5.74) is 5.00. The lowest BCUT2D eigenvalue weighted by Gasteiger charge is -2.25. The fraction of sp³-hybridized carbons (Fsp3) is 0.185. The molecule has 2 aromatic carbocycles. The average molecular weight is 518 g/mol. The number of allylic oxidation sites excluding steroid dienone is 1. The maximum Gasteiger partial charge on any atom is 0.271 e.